The molecule has 0 aliphatic rings. The zero-order valence-corrected chi connectivity index (χ0v) is 14.8. The summed E-state index contributed by atoms with van der Waals surface area (Å²) in [5.41, 5.74) is 2.54. The first kappa shape index (κ1) is 17.5. The summed E-state index contributed by atoms with van der Waals surface area (Å²) in [5.74, 6) is 0. The highest BCUT2D eigenvalue weighted by atomic mass is 32.1. The molecule has 4 nitrogen and oxygen atoms in total. The first-order valence-electron chi connectivity index (χ1n) is 7.89. The van der Waals surface area contributed by atoms with Crippen LogP contribution in [0.1, 0.15) is 29.0 Å². The second-order valence-corrected chi connectivity index (χ2v) is 6.75. The minimum absolute atomic E-state index is 0.129. The molecule has 2 amide bonds. The molecule has 0 saturated heterocycles. The van der Waals surface area contributed by atoms with E-state index in [1.807, 2.05) is 31.6 Å². The Bertz CT molecular complexity index is 593. The van der Waals surface area contributed by atoms with E-state index in [0.717, 1.165) is 11.3 Å². The van der Waals surface area contributed by atoms with Crippen LogP contribution in [0, 0.1) is 0 Å². The first-order chi connectivity index (χ1) is 11.1. The maximum Gasteiger partial charge on any atom is 0.315 e. The molecule has 23 heavy (non-hydrogen) atoms. The molecule has 2 N–H and O–H groups in total. The topological polar surface area (TPSA) is 44.4 Å². The Balaban J connectivity index is 1.87. The molecule has 124 valence electrons. The van der Waals surface area contributed by atoms with Crippen LogP contribution in [0.4, 0.5) is 4.79 Å². The Morgan fingerprint density at radius 3 is 2.48 bits per heavy atom. The number of amides is 2. The molecule has 0 bridgehead atoms. The third-order valence-corrected chi connectivity index (χ3v) is 4.73. The van der Waals surface area contributed by atoms with Gasteiger partial charge in [0.05, 0.1) is 12.6 Å². The van der Waals surface area contributed by atoms with Crippen molar-refractivity contribution in [3.05, 3.63) is 57.8 Å². The second kappa shape index (κ2) is 8.70. The fourth-order valence-electron chi connectivity index (χ4n) is 2.41. The number of nitrogens with one attached hydrogen (secondary N) is 2. The molecule has 1 aromatic carbocycles. The van der Waals surface area contributed by atoms with Crippen molar-refractivity contribution in [1.29, 1.82) is 0 Å². The molecule has 0 aliphatic carbocycles. The summed E-state index contributed by atoms with van der Waals surface area (Å²) >= 11 is 1.64. The molecular weight excluding hydrogens is 306 g/mol. The number of benzene rings is 1. The fourth-order valence-corrected chi connectivity index (χ4v) is 3.05. The fraction of sp³-hybridized carbons (Fsp3) is 0.389. The van der Waals surface area contributed by atoms with Crippen LogP contribution in [0.15, 0.2) is 41.8 Å². The van der Waals surface area contributed by atoms with E-state index in [-0.39, 0.29) is 12.1 Å². The molecule has 5 heteroatoms. The lowest BCUT2D eigenvalue weighted by Crippen LogP contribution is -2.40. The van der Waals surface area contributed by atoms with Gasteiger partial charge in [0.25, 0.3) is 0 Å². The number of urea groups is 1. The van der Waals surface area contributed by atoms with Crippen LogP contribution in [0.2, 0.25) is 0 Å². The molecule has 2 aromatic rings. The van der Waals surface area contributed by atoms with Gasteiger partial charge in [-0.1, -0.05) is 37.3 Å². The zero-order valence-electron chi connectivity index (χ0n) is 14.0. The van der Waals surface area contributed by atoms with Crippen molar-refractivity contribution in [2.24, 2.45) is 0 Å². The van der Waals surface area contributed by atoms with E-state index >= 15 is 0 Å². The summed E-state index contributed by atoms with van der Waals surface area (Å²) in [6, 6.07) is 12.6. The van der Waals surface area contributed by atoms with Gasteiger partial charge in [0.2, 0.25) is 0 Å². The van der Waals surface area contributed by atoms with E-state index in [2.05, 4.69) is 46.7 Å². The summed E-state index contributed by atoms with van der Waals surface area (Å²) in [5, 5.41) is 7.87. The standard InChI is InChI=1S/C18H25N3OS/c1-4-14-7-9-15(10-8-14)17(21(2)3)13-20-18(22)19-12-16-6-5-11-23-16/h5-11,17H,4,12-13H2,1-3H3,(H2,19,20,22). The normalized spacial score (nSPS) is 12.2. The van der Waals surface area contributed by atoms with Gasteiger partial charge in [-0.25, -0.2) is 4.79 Å². The molecule has 0 spiro atoms. The largest absolute Gasteiger partial charge is 0.336 e. The molecule has 2 rings (SSSR count). The van der Waals surface area contributed by atoms with Crippen molar-refractivity contribution in [2.75, 3.05) is 20.6 Å². The SMILES string of the molecule is CCc1ccc(C(CNC(=O)NCc2cccs2)N(C)C)cc1. The lowest BCUT2D eigenvalue weighted by molar-refractivity contribution is 0.232. The first-order valence-corrected chi connectivity index (χ1v) is 8.77. The van der Waals surface area contributed by atoms with E-state index in [4.69, 9.17) is 0 Å². The smallest absolute Gasteiger partial charge is 0.315 e. The Morgan fingerprint density at radius 2 is 1.91 bits per heavy atom. The average molecular weight is 331 g/mol. The van der Waals surface area contributed by atoms with Crippen molar-refractivity contribution < 1.29 is 4.79 Å². The highest BCUT2D eigenvalue weighted by molar-refractivity contribution is 7.09. The number of hydrogen-bond acceptors (Lipinski definition) is 3. The van der Waals surface area contributed by atoms with Crippen molar-refractivity contribution in [1.82, 2.24) is 15.5 Å². The lowest BCUT2D eigenvalue weighted by Gasteiger charge is -2.25. The number of likely N-dealkylation sites (N-methyl/N-ethyl adjacent to an activating group) is 1. The summed E-state index contributed by atoms with van der Waals surface area (Å²) in [7, 11) is 4.06. The molecule has 0 saturated carbocycles. The van der Waals surface area contributed by atoms with Gasteiger partial charge in [0.15, 0.2) is 0 Å². The molecular formula is C18H25N3OS. The van der Waals surface area contributed by atoms with Gasteiger partial charge < -0.3 is 15.5 Å². The van der Waals surface area contributed by atoms with Crippen LogP contribution in [0.5, 0.6) is 0 Å². The van der Waals surface area contributed by atoms with Gasteiger partial charge in [-0.3, -0.25) is 0 Å². The van der Waals surface area contributed by atoms with Crippen LogP contribution in [0.3, 0.4) is 0 Å². The predicted octanol–water partition coefficient (Wildman–Crippen LogP) is 3.41. The van der Waals surface area contributed by atoms with Gasteiger partial charge in [0, 0.05) is 11.4 Å². The van der Waals surface area contributed by atoms with Gasteiger partial charge in [-0.05, 0) is 43.1 Å². The highest BCUT2D eigenvalue weighted by Crippen LogP contribution is 2.18. The van der Waals surface area contributed by atoms with Gasteiger partial charge in [-0.2, -0.15) is 0 Å². The Hall–Kier alpha value is -1.85. The minimum atomic E-state index is -0.129. The number of nitrogens with zero attached hydrogens (tertiary/aromatic N) is 1. The van der Waals surface area contributed by atoms with E-state index in [0.29, 0.717) is 13.1 Å². The lowest BCUT2D eigenvalue weighted by atomic mass is 10.0. The van der Waals surface area contributed by atoms with Crippen molar-refractivity contribution in [3.8, 4) is 0 Å². The molecule has 1 atom stereocenters. The summed E-state index contributed by atoms with van der Waals surface area (Å²) in [4.78, 5) is 15.2. The predicted molar refractivity (Wildman–Crippen MR) is 96.8 cm³/mol. The number of carbonyl (C=O) groups excluding carboxylic acids is 1. The van der Waals surface area contributed by atoms with E-state index in [9.17, 15) is 4.79 Å². The maximum atomic E-state index is 12.0. The van der Waals surface area contributed by atoms with Crippen molar-refractivity contribution >= 4 is 17.4 Å². The Labute approximate surface area is 142 Å². The number of rotatable bonds is 7. The quantitative estimate of drug-likeness (QED) is 0.816. The Kier molecular flexibility index (Phi) is 6.62. The molecule has 0 aliphatic heterocycles. The van der Waals surface area contributed by atoms with Gasteiger partial charge >= 0.3 is 6.03 Å². The maximum absolute atomic E-state index is 12.0. The molecule has 1 aromatic heterocycles. The van der Waals surface area contributed by atoms with Crippen LogP contribution < -0.4 is 10.6 Å². The average Bonchev–Trinajstić information content (AvgIpc) is 3.07. The third kappa shape index (κ3) is 5.37. The summed E-state index contributed by atoms with van der Waals surface area (Å²) in [6.45, 7) is 3.30. The highest BCUT2D eigenvalue weighted by Gasteiger charge is 2.15. The van der Waals surface area contributed by atoms with E-state index < -0.39 is 0 Å². The summed E-state index contributed by atoms with van der Waals surface area (Å²) in [6.07, 6.45) is 1.04. The molecule has 1 unspecified atom stereocenters. The van der Waals surface area contributed by atoms with E-state index in [1.54, 1.807) is 11.3 Å². The second-order valence-electron chi connectivity index (χ2n) is 5.72. The van der Waals surface area contributed by atoms with Gasteiger partial charge in [0.1, 0.15) is 0 Å². The summed E-state index contributed by atoms with van der Waals surface area (Å²) < 4.78 is 0. The van der Waals surface area contributed by atoms with Gasteiger partial charge in [-0.15, -0.1) is 11.3 Å². The zero-order chi connectivity index (χ0) is 16.7. The Morgan fingerprint density at radius 1 is 1.17 bits per heavy atom. The van der Waals surface area contributed by atoms with E-state index in [1.165, 1.54) is 11.1 Å². The minimum Gasteiger partial charge on any atom is -0.336 e. The van der Waals surface area contributed by atoms with Crippen LogP contribution >= 0.6 is 11.3 Å². The molecule has 0 radical (unpaired) electrons. The number of hydrogen-bond donors (Lipinski definition) is 2. The number of carbonyl (C=O) groups is 1. The third-order valence-electron chi connectivity index (χ3n) is 3.86. The monoisotopic (exact) mass is 331 g/mol. The van der Waals surface area contributed by atoms with Crippen LogP contribution in [-0.4, -0.2) is 31.6 Å². The van der Waals surface area contributed by atoms with Crippen molar-refractivity contribution in [2.45, 2.75) is 25.9 Å². The number of thiophene rings is 1. The molecule has 0 fully saturated rings. The van der Waals surface area contributed by atoms with Crippen molar-refractivity contribution in [3.63, 3.8) is 0 Å². The van der Waals surface area contributed by atoms with Crippen LogP contribution in [-0.2, 0) is 13.0 Å². The number of aryl methyl sites for hydroxylation is 1. The van der Waals surface area contributed by atoms with Crippen LogP contribution in [0.25, 0.3) is 0 Å². The molecule has 1 heterocycles.